The molecule has 3 amide bonds. The standard InChI is InChI=1S/C22H37N9O7/c1-11(2)17(23)20(36)31-15(8-12-9-26-10-28-12)19(35)29-13(4-3-7-27-22(24)25)18(34)30-14(21(37)38)5-6-16(32)33/h9-11,13-15,17H,3-8,23H2,1-2H3,(H,26,28)(H,29,35)(H,30,34)(H,31,36)(H,32,33)(H,37,38)(H4,24,25,27). The second kappa shape index (κ2) is 15.8. The van der Waals surface area contributed by atoms with Crippen molar-refractivity contribution in [2.24, 2.45) is 28.1 Å². The Bertz CT molecular complexity index is 978. The number of carbonyl (C=O) groups excluding carboxylic acids is 3. The van der Waals surface area contributed by atoms with Crippen molar-refractivity contribution in [3.05, 3.63) is 18.2 Å². The average Bonchev–Trinajstić information content (AvgIpc) is 3.34. The number of aliphatic carboxylic acids is 2. The molecular formula is C22H37N9O7. The summed E-state index contributed by atoms with van der Waals surface area (Å²) >= 11 is 0. The van der Waals surface area contributed by atoms with Crippen LogP contribution in [0.2, 0.25) is 0 Å². The SMILES string of the molecule is CC(C)C(N)C(=O)NC(Cc1cnc[nH]1)C(=O)NC(CCCN=C(N)N)C(=O)NC(CCC(=O)O)C(=O)O. The third kappa shape index (κ3) is 11.7. The zero-order valence-corrected chi connectivity index (χ0v) is 21.3. The van der Waals surface area contributed by atoms with Gasteiger partial charge in [-0.25, -0.2) is 9.78 Å². The fourth-order valence-electron chi connectivity index (χ4n) is 3.24. The lowest BCUT2D eigenvalue weighted by molar-refractivity contribution is -0.143. The first kappa shape index (κ1) is 31.8. The largest absolute Gasteiger partial charge is 0.481 e. The van der Waals surface area contributed by atoms with Crippen LogP contribution < -0.4 is 33.2 Å². The van der Waals surface area contributed by atoms with Crippen molar-refractivity contribution in [1.29, 1.82) is 0 Å². The van der Waals surface area contributed by atoms with Gasteiger partial charge in [-0.2, -0.15) is 0 Å². The number of nitrogens with zero attached hydrogens (tertiary/aromatic N) is 2. The highest BCUT2D eigenvalue weighted by molar-refractivity contribution is 5.94. The molecule has 16 nitrogen and oxygen atoms in total. The van der Waals surface area contributed by atoms with Gasteiger partial charge in [0, 0.05) is 31.3 Å². The number of hydrogen-bond donors (Lipinski definition) is 9. The molecule has 4 atom stereocenters. The fraction of sp³-hybridized carbons (Fsp3) is 0.591. The van der Waals surface area contributed by atoms with Crippen LogP contribution in [-0.2, 0) is 30.4 Å². The maximum atomic E-state index is 13.2. The number of guanidine groups is 1. The number of aromatic amines is 1. The van der Waals surface area contributed by atoms with Gasteiger partial charge in [0.15, 0.2) is 5.96 Å². The zero-order chi connectivity index (χ0) is 28.8. The number of carboxylic acid groups (broad SMARTS) is 2. The summed E-state index contributed by atoms with van der Waals surface area (Å²) in [6.07, 6.45) is 2.25. The summed E-state index contributed by atoms with van der Waals surface area (Å²) in [6.45, 7) is 3.61. The number of H-pyrrole nitrogens is 1. The number of imidazole rings is 1. The molecule has 0 aliphatic carbocycles. The second-order valence-corrected chi connectivity index (χ2v) is 8.95. The number of amides is 3. The van der Waals surface area contributed by atoms with E-state index in [1.54, 1.807) is 13.8 Å². The van der Waals surface area contributed by atoms with Crippen LogP contribution >= 0.6 is 0 Å². The number of hydrogen-bond acceptors (Lipinski definition) is 8. The molecule has 0 aromatic carbocycles. The molecule has 1 aromatic heterocycles. The number of nitrogens with two attached hydrogens (primary N) is 3. The van der Waals surface area contributed by atoms with Gasteiger partial charge in [-0.05, 0) is 25.2 Å². The summed E-state index contributed by atoms with van der Waals surface area (Å²) < 4.78 is 0. The molecule has 4 unspecified atom stereocenters. The van der Waals surface area contributed by atoms with Gasteiger partial charge >= 0.3 is 11.9 Å². The lowest BCUT2D eigenvalue weighted by atomic mass is 10.0. The van der Waals surface area contributed by atoms with Gasteiger partial charge in [-0.3, -0.25) is 24.2 Å². The molecule has 38 heavy (non-hydrogen) atoms. The van der Waals surface area contributed by atoms with E-state index in [0.717, 1.165) is 0 Å². The second-order valence-electron chi connectivity index (χ2n) is 8.95. The Hall–Kier alpha value is -4.21. The van der Waals surface area contributed by atoms with Crippen molar-refractivity contribution in [2.45, 2.75) is 70.1 Å². The lowest BCUT2D eigenvalue weighted by Gasteiger charge is -2.25. The number of nitrogens with one attached hydrogen (secondary N) is 4. The van der Waals surface area contributed by atoms with Gasteiger partial charge in [-0.1, -0.05) is 13.8 Å². The van der Waals surface area contributed by atoms with Crippen LogP contribution in [0.5, 0.6) is 0 Å². The maximum absolute atomic E-state index is 13.2. The topological polar surface area (TPSA) is 281 Å². The highest BCUT2D eigenvalue weighted by atomic mass is 16.4. The Morgan fingerprint density at radius 1 is 0.974 bits per heavy atom. The van der Waals surface area contributed by atoms with E-state index in [1.165, 1.54) is 12.5 Å². The van der Waals surface area contributed by atoms with E-state index in [-0.39, 0.29) is 44.1 Å². The molecule has 0 spiro atoms. The number of rotatable bonds is 17. The van der Waals surface area contributed by atoms with E-state index in [1.807, 2.05) is 0 Å². The molecule has 0 bridgehead atoms. The van der Waals surface area contributed by atoms with Gasteiger partial charge in [0.05, 0.1) is 12.4 Å². The molecule has 0 aliphatic rings. The van der Waals surface area contributed by atoms with Gasteiger partial charge in [0.1, 0.15) is 18.1 Å². The maximum Gasteiger partial charge on any atom is 0.326 e. The first-order chi connectivity index (χ1) is 17.8. The van der Waals surface area contributed by atoms with Crippen LogP contribution in [0.3, 0.4) is 0 Å². The number of aliphatic imine (C=N–C) groups is 1. The predicted molar refractivity (Wildman–Crippen MR) is 135 cm³/mol. The van der Waals surface area contributed by atoms with E-state index in [9.17, 15) is 29.1 Å². The Kier molecular flexibility index (Phi) is 13.2. The molecule has 0 saturated heterocycles. The van der Waals surface area contributed by atoms with Crippen LogP contribution in [0.4, 0.5) is 0 Å². The van der Waals surface area contributed by atoms with Crippen molar-refractivity contribution < 1.29 is 34.2 Å². The van der Waals surface area contributed by atoms with E-state index in [4.69, 9.17) is 22.3 Å². The minimum Gasteiger partial charge on any atom is -0.481 e. The Labute approximate surface area is 219 Å². The van der Waals surface area contributed by atoms with Crippen LogP contribution in [0.25, 0.3) is 0 Å². The van der Waals surface area contributed by atoms with Crippen LogP contribution in [-0.4, -0.2) is 86.5 Å². The third-order valence-electron chi connectivity index (χ3n) is 5.47. The van der Waals surface area contributed by atoms with Crippen molar-refractivity contribution in [3.63, 3.8) is 0 Å². The van der Waals surface area contributed by atoms with Crippen LogP contribution in [0, 0.1) is 5.92 Å². The highest BCUT2D eigenvalue weighted by Crippen LogP contribution is 2.07. The highest BCUT2D eigenvalue weighted by Gasteiger charge is 2.31. The van der Waals surface area contributed by atoms with Gasteiger partial charge in [0.25, 0.3) is 0 Å². The molecule has 12 N–H and O–H groups in total. The number of carboxylic acids is 2. The molecular weight excluding hydrogens is 502 g/mol. The van der Waals surface area contributed by atoms with Crippen molar-refractivity contribution in [1.82, 2.24) is 25.9 Å². The fourth-order valence-corrected chi connectivity index (χ4v) is 3.24. The molecule has 1 rings (SSSR count). The summed E-state index contributed by atoms with van der Waals surface area (Å²) in [5.74, 6) is -5.21. The molecule has 1 heterocycles. The summed E-state index contributed by atoms with van der Waals surface area (Å²) in [6, 6.07) is -4.79. The van der Waals surface area contributed by atoms with Crippen molar-refractivity contribution >= 4 is 35.6 Å². The van der Waals surface area contributed by atoms with E-state index in [2.05, 4.69) is 30.9 Å². The van der Waals surface area contributed by atoms with Crippen molar-refractivity contribution in [3.8, 4) is 0 Å². The Balaban J connectivity index is 3.11. The molecule has 16 heteroatoms. The molecule has 212 valence electrons. The molecule has 1 aromatic rings. The first-order valence-corrected chi connectivity index (χ1v) is 12.0. The third-order valence-corrected chi connectivity index (χ3v) is 5.47. The monoisotopic (exact) mass is 539 g/mol. The summed E-state index contributed by atoms with van der Waals surface area (Å²) in [7, 11) is 0. The summed E-state index contributed by atoms with van der Waals surface area (Å²) in [4.78, 5) is 71.8. The van der Waals surface area contributed by atoms with Crippen LogP contribution in [0.1, 0.15) is 45.2 Å². The summed E-state index contributed by atoms with van der Waals surface area (Å²) in [5.41, 5.74) is 17.1. The van der Waals surface area contributed by atoms with Gasteiger partial charge in [-0.15, -0.1) is 0 Å². The molecule has 0 radical (unpaired) electrons. The average molecular weight is 540 g/mol. The predicted octanol–water partition coefficient (Wildman–Crippen LogP) is -2.61. The Morgan fingerprint density at radius 3 is 2.11 bits per heavy atom. The van der Waals surface area contributed by atoms with E-state index < -0.39 is 60.2 Å². The number of aromatic nitrogens is 2. The normalized spacial score (nSPS) is 14.0. The lowest BCUT2D eigenvalue weighted by Crippen LogP contribution is -2.58. The van der Waals surface area contributed by atoms with Crippen molar-refractivity contribution in [2.75, 3.05) is 6.54 Å². The van der Waals surface area contributed by atoms with E-state index in [0.29, 0.717) is 5.69 Å². The Morgan fingerprint density at radius 2 is 1.58 bits per heavy atom. The number of carbonyl (C=O) groups is 5. The molecule has 0 saturated carbocycles. The van der Waals surface area contributed by atoms with Gasteiger partial charge in [0.2, 0.25) is 17.7 Å². The van der Waals surface area contributed by atoms with Crippen LogP contribution in [0.15, 0.2) is 17.5 Å². The van der Waals surface area contributed by atoms with E-state index >= 15 is 0 Å². The smallest absolute Gasteiger partial charge is 0.326 e. The minimum atomic E-state index is -1.50. The molecule has 0 aliphatic heterocycles. The van der Waals surface area contributed by atoms with Gasteiger partial charge < -0.3 is 48.3 Å². The summed E-state index contributed by atoms with van der Waals surface area (Å²) in [5, 5.41) is 25.6. The first-order valence-electron chi connectivity index (χ1n) is 12.0. The quantitative estimate of drug-likeness (QED) is 0.0561. The minimum absolute atomic E-state index is 0.00108. The molecule has 0 fully saturated rings. The zero-order valence-electron chi connectivity index (χ0n) is 21.3.